The van der Waals surface area contributed by atoms with Crippen molar-refractivity contribution in [3.63, 3.8) is 0 Å². The van der Waals surface area contributed by atoms with Crippen molar-refractivity contribution < 1.29 is 4.79 Å². The molecular weight excluding hydrogens is 388 g/mol. The van der Waals surface area contributed by atoms with Crippen LogP contribution in [-0.4, -0.2) is 76.0 Å². The van der Waals surface area contributed by atoms with Gasteiger partial charge in [0.15, 0.2) is 5.65 Å². The second-order valence-corrected chi connectivity index (χ2v) is 9.46. The molecule has 2 aromatic rings. The molecule has 0 N–H and O–H groups in total. The summed E-state index contributed by atoms with van der Waals surface area (Å²) in [7, 11) is 0. The van der Waals surface area contributed by atoms with Crippen LogP contribution in [0.2, 0.25) is 0 Å². The van der Waals surface area contributed by atoms with Crippen LogP contribution in [0.4, 0.5) is 5.82 Å². The third-order valence-electron chi connectivity index (χ3n) is 7.23. The first kappa shape index (κ1) is 20.6. The molecule has 0 unspecified atom stereocenters. The van der Waals surface area contributed by atoms with Crippen LogP contribution in [0.25, 0.3) is 11.0 Å². The number of carbonyl (C=O) groups is 1. The highest BCUT2D eigenvalue weighted by Gasteiger charge is 2.30. The zero-order valence-corrected chi connectivity index (χ0v) is 18.9. The number of fused-ring (bicyclic) bond motifs is 1. The van der Waals surface area contributed by atoms with Gasteiger partial charge in [0.25, 0.3) is 5.91 Å². The van der Waals surface area contributed by atoms with Crippen LogP contribution >= 0.6 is 0 Å². The molecule has 5 heterocycles. The summed E-state index contributed by atoms with van der Waals surface area (Å²) in [6, 6.07) is 2.70. The van der Waals surface area contributed by atoms with Gasteiger partial charge < -0.3 is 14.7 Å². The number of likely N-dealkylation sites (tertiary alicyclic amines) is 2. The van der Waals surface area contributed by atoms with Crippen molar-refractivity contribution in [1.29, 1.82) is 0 Å². The molecule has 0 radical (unpaired) electrons. The molecule has 0 atom stereocenters. The first-order valence-corrected chi connectivity index (χ1v) is 12.0. The average molecular weight is 423 g/mol. The molecule has 0 saturated carbocycles. The van der Waals surface area contributed by atoms with E-state index in [-0.39, 0.29) is 5.91 Å². The maximum Gasteiger partial charge on any atom is 0.291 e. The van der Waals surface area contributed by atoms with Crippen molar-refractivity contribution in [1.82, 2.24) is 24.8 Å². The standard InChI is InChI=1S/C24H34N6O/c1-17-16-18(2)25-21-20(17)23(29-12-6-7-13-29)27-22(26-21)24(31)30-14-8-19(9-15-30)28-10-4-3-5-11-28/h16,19H,3-15H2,1-2H3. The Bertz CT molecular complexity index is 956. The number of rotatable bonds is 3. The summed E-state index contributed by atoms with van der Waals surface area (Å²) in [5.74, 6) is 1.16. The lowest BCUT2D eigenvalue weighted by atomic mass is 10.00. The number of aromatic nitrogens is 3. The molecule has 7 nitrogen and oxygen atoms in total. The van der Waals surface area contributed by atoms with Gasteiger partial charge in [-0.05, 0) is 77.1 Å². The lowest BCUT2D eigenvalue weighted by Gasteiger charge is -2.40. The van der Waals surface area contributed by atoms with Gasteiger partial charge in [0, 0.05) is 37.9 Å². The van der Waals surface area contributed by atoms with Crippen LogP contribution in [-0.2, 0) is 0 Å². The van der Waals surface area contributed by atoms with E-state index >= 15 is 0 Å². The largest absolute Gasteiger partial charge is 0.356 e. The molecule has 3 aliphatic heterocycles. The molecule has 1 amide bonds. The summed E-state index contributed by atoms with van der Waals surface area (Å²) in [6.07, 6.45) is 8.42. The maximum atomic E-state index is 13.4. The van der Waals surface area contributed by atoms with Gasteiger partial charge in [-0.3, -0.25) is 4.79 Å². The van der Waals surface area contributed by atoms with Gasteiger partial charge in [0.1, 0.15) is 5.82 Å². The van der Waals surface area contributed by atoms with Gasteiger partial charge in [-0.2, -0.15) is 0 Å². The first-order valence-electron chi connectivity index (χ1n) is 12.0. The van der Waals surface area contributed by atoms with E-state index in [0.29, 0.717) is 17.5 Å². The van der Waals surface area contributed by atoms with Crippen LogP contribution in [0.1, 0.15) is 66.8 Å². The molecule has 166 valence electrons. The lowest BCUT2D eigenvalue weighted by molar-refractivity contribution is 0.0579. The fourth-order valence-corrected chi connectivity index (χ4v) is 5.57. The van der Waals surface area contributed by atoms with E-state index in [1.807, 2.05) is 11.8 Å². The Balaban J connectivity index is 1.40. The fourth-order valence-electron chi connectivity index (χ4n) is 5.57. The summed E-state index contributed by atoms with van der Waals surface area (Å²) in [5.41, 5.74) is 2.71. The topological polar surface area (TPSA) is 65.5 Å². The summed E-state index contributed by atoms with van der Waals surface area (Å²) >= 11 is 0. The molecule has 31 heavy (non-hydrogen) atoms. The maximum absolute atomic E-state index is 13.4. The van der Waals surface area contributed by atoms with Crippen LogP contribution in [0.3, 0.4) is 0 Å². The van der Waals surface area contributed by atoms with Crippen molar-refractivity contribution in [2.45, 2.75) is 64.8 Å². The van der Waals surface area contributed by atoms with Crippen molar-refractivity contribution >= 4 is 22.8 Å². The lowest BCUT2D eigenvalue weighted by Crippen LogP contribution is -2.48. The number of anilines is 1. The quantitative estimate of drug-likeness (QED) is 0.756. The summed E-state index contributed by atoms with van der Waals surface area (Å²) < 4.78 is 0. The molecule has 0 spiro atoms. The number of hydrogen-bond acceptors (Lipinski definition) is 6. The Hall–Kier alpha value is -2.28. The number of carbonyl (C=O) groups excluding carboxylic acids is 1. The van der Waals surface area contributed by atoms with Crippen molar-refractivity contribution in [3.8, 4) is 0 Å². The fraction of sp³-hybridized carbons (Fsp3) is 0.667. The number of pyridine rings is 1. The zero-order chi connectivity index (χ0) is 21.4. The second kappa shape index (κ2) is 8.69. The van der Waals surface area contributed by atoms with E-state index in [1.165, 1.54) is 32.4 Å². The Labute approximate surface area is 184 Å². The van der Waals surface area contributed by atoms with E-state index in [2.05, 4.69) is 32.8 Å². The predicted octanol–water partition coefficient (Wildman–Crippen LogP) is 3.33. The molecule has 3 saturated heterocycles. The highest BCUT2D eigenvalue weighted by Crippen LogP contribution is 2.30. The number of amides is 1. The van der Waals surface area contributed by atoms with Gasteiger partial charge in [-0.1, -0.05) is 6.42 Å². The number of hydrogen-bond donors (Lipinski definition) is 0. The van der Waals surface area contributed by atoms with Crippen LogP contribution in [0.15, 0.2) is 6.07 Å². The van der Waals surface area contributed by atoms with E-state index in [0.717, 1.165) is 74.3 Å². The minimum absolute atomic E-state index is 0.0413. The Kier molecular flexibility index (Phi) is 5.78. The average Bonchev–Trinajstić information content (AvgIpc) is 3.33. The first-order chi connectivity index (χ1) is 15.1. The zero-order valence-electron chi connectivity index (χ0n) is 18.9. The van der Waals surface area contributed by atoms with Gasteiger partial charge >= 0.3 is 0 Å². The smallest absolute Gasteiger partial charge is 0.291 e. The molecule has 7 heteroatoms. The highest BCUT2D eigenvalue weighted by atomic mass is 16.2. The Morgan fingerprint density at radius 1 is 0.871 bits per heavy atom. The molecular formula is C24H34N6O. The molecule has 0 bridgehead atoms. The minimum atomic E-state index is -0.0413. The van der Waals surface area contributed by atoms with Gasteiger partial charge in [-0.15, -0.1) is 0 Å². The summed E-state index contributed by atoms with van der Waals surface area (Å²) in [6.45, 7) is 10.1. The summed E-state index contributed by atoms with van der Waals surface area (Å²) in [5, 5.41) is 0.993. The van der Waals surface area contributed by atoms with E-state index in [9.17, 15) is 4.79 Å². The third kappa shape index (κ3) is 4.12. The minimum Gasteiger partial charge on any atom is -0.356 e. The normalized spacial score (nSPS) is 21.2. The Morgan fingerprint density at radius 2 is 1.55 bits per heavy atom. The molecule has 3 fully saturated rings. The SMILES string of the molecule is Cc1cc(C)c2c(N3CCCC3)nc(C(=O)N3CCC(N4CCCCC4)CC3)nc2n1. The van der Waals surface area contributed by atoms with Crippen LogP contribution < -0.4 is 4.90 Å². The monoisotopic (exact) mass is 422 g/mol. The van der Waals surface area contributed by atoms with Crippen LogP contribution in [0.5, 0.6) is 0 Å². The molecule has 0 aliphatic carbocycles. The molecule has 2 aromatic heterocycles. The van der Waals surface area contributed by atoms with E-state index in [1.54, 1.807) is 0 Å². The highest BCUT2D eigenvalue weighted by molar-refractivity contribution is 5.97. The molecule has 0 aromatic carbocycles. The van der Waals surface area contributed by atoms with E-state index < -0.39 is 0 Å². The van der Waals surface area contributed by atoms with Crippen molar-refractivity contribution in [2.24, 2.45) is 0 Å². The third-order valence-corrected chi connectivity index (χ3v) is 7.23. The van der Waals surface area contributed by atoms with Crippen LogP contribution in [0, 0.1) is 13.8 Å². The Morgan fingerprint density at radius 3 is 2.26 bits per heavy atom. The summed E-state index contributed by atoms with van der Waals surface area (Å²) in [4.78, 5) is 34.5. The second-order valence-electron chi connectivity index (χ2n) is 9.46. The number of piperidine rings is 2. The van der Waals surface area contributed by atoms with Gasteiger partial charge in [0.2, 0.25) is 5.82 Å². The van der Waals surface area contributed by atoms with Crippen molar-refractivity contribution in [2.75, 3.05) is 44.2 Å². The molecule has 3 aliphatic rings. The molecule has 5 rings (SSSR count). The van der Waals surface area contributed by atoms with Gasteiger partial charge in [-0.25, -0.2) is 15.0 Å². The van der Waals surface area contributed by atoms with Gasteiger partial charge in [0.05, 0.1) is 5.39 Å². The number of nitrogens with zero attached hydrogens (tertiary/aromatic N) is 6. The number of aryl methyl sites for hydroxylation is 2. The van der Waals surface area contributed by atoms with Crippen molar-refractivity contribution in [3.05, 3.63) is 23.1 Å². The van der Waals surface area contributed by atoms with E-state index in [4.69, 9.17) is 4.98 Å². The predicted molar refractivity (Wildman–Crippen MR) is 123 cm³/mol.